The van der Waals surface area contributed by atoms with E-state index >= 15 is 0 Å². The van der Waals surface area contributed by atoms with Crippen molar-refractivity contribution in [2.75, 3.05) is 25.0 Å². The second kappa shape index (κ2) is 8.33. The minimum atomic E-state index is -0.546. The molecule has 1 saturated heterocycles. The molecule has 0 atom stereocenters. The van der Waals surface area contributed by atoms with Crippen LogP contribution in [0.3, 0.4) is 0 Å². The van der Waals surface area contributed by atoms with Gasteiger partial charge in [0.25, 0.3) is 11.8 Å². The summed E-state index contributed by atoms with van der Waals surface area (Å²) in [4.78, 5) is 49.2. The molecule has 2 aromatic heterocycles. The van der Waals surface area contributed by atoms with Crippen LogP contribution in [0.5, 0.6) is 0 Å². The first-order valence-electron chi connectivity index (χ1n) is 10.5. The van der Waals surface area contributed by atoms with Crippen molar-refractivity contribution in [3.8, 4) is 0 Å². The highest BCUT2D eigenvalue weighted by Gasteiger charge is 2.28. The maximum Gasteiger partial charge on any atom is 0.410 e. The van der Waals surface area contributed by atoms with Crippen LogP contribution in [0, 0.1) is 0 Å². The summed E-state index contributed by atoms with van der Waals surface area (Å²) in [5.74, 6) is -0.407. The largest absolute Gasteiger partial charge is 0.444 e. The number of H-pyrrole nitrogens is 1. The molecule has 2 N–H and O–H groups in total. The first-order chi connectivity index (χ1) is 14.7. The third-order valence-electron chi connectivity index (χ3n) is 5.17. The lowest BCUT2D eigenvalue weighted by molar-refractivity contribution is 0.0225. The van der Waals surface area contributed by atoms with Gasteiger partial charge in [-0.3, -0.25) is 14.9 Å². The van der Waals surface area contributed by atoms with Crippen LogP contribution in [0.1, 0.15) is 65.0 Å². The molecule has 0 spiro atoms. The Balaban J connectivity index is 1.38. The number of ether oxygens (including phenoxy) is 1. The molecule has 0 bridgehead atoms. The first-order valence-corrected chi connectivity index (χ1v) is 11.3. The maximum atomic E-state index is 12.6. The summed E-state index contributed by atoms with van der Waals surface area (Å²) in [5, 5.41) is 3.29. The molecule has 4 rings (SSSR count). The van der Waals surface area contributed by atoms with Crippen molar-refractivity contribution < 1.29 is 19.1 Å². The standard InChI is InChI=1S/C21H27N5O4S/c1-21(2,3)30-20(29)26-9-6-14-16(12-26)31-19(23-14)24-17(27)13-10-15(22-11-13)18(28)25-7-4-5-8-25/h10-11,22H,4-9,12H2,1-3H3,(H,23,24,27). The van der Waals surface area contributed by atoms with Gasteiger partial charge in [0.1, 0.15) is 11.3 Å². The number of likely N-dealkylation sites (tertiary alicyclic amines) is 1. The van der Waals surface area contributed by atoms with E-state index in [0.717, 1.165) is 36.5 Å². The van der Waals surface area contributed by atoms with E-state index in [-0.39, 0.29) is 17.9 Å². The van der Waals surface area contributed by atoms with Crippen molar-refractivity contribution in [2.45, 2.75) is 52.2 Å². The van der Waals surface area contributed by atoms with Crippen LogP contribution in [-0.4, -0.2) is 62.9 Å². The van der Waals surface area contributed by atoms with Crippen molar-refractivity contribution in [1.82, 2.24) is 19.8 Å². The summed E-state index contributed by atoms with van der Waals surface area (Å²) in [6, 6.07) is 1.58. The Morgan fingerprint density at radius 3 is 2.61 bits per heavy atom. The average molecular weight is 446 g/mol. The van der Waals surface area contributed by atoms with Gasteiger partial charge < -0.3 is 19.5 Å². The number of carbonyl (C=O) groups excluding carboxylic acids is 3. The predicted octanol–water partition coefficient (Wildman–Crippen LogP) is 3.25. The van der Waals surface area contributed by atoms with E-state index in [2.05, 4.69) is 15.3 Å². The zero-order valence-electron chi connectivity index (χ0n) is 18.0. The van der Waals surface area contributed by atoms with Crippen LogP contribution in [0.15, 0.2) is 12.3 Å². The second-order valence-electron chi connectivity index (χ2n) is 8.80. The monoisotopic (exact) mass is 445 g/mol. The van der Waals surface area contributed by atoms with E-state index in [1.54, 1.807) is 15.9 Å². The normalized spacial score (nSPS) is 16.2. The Labute approximate surface area is 184 Å². The molecular formula is C21H27N5O4S. The van der Waals surface area contributed by atoms with Gasteiger partial charge in [-0.2, -0.15) is 0 Å². The third-order valence-corrected chi connectivity index (χ3v) is 6.17. The Kier molecular flexibility index (Phi) is 5.74. The van der Waals surface area contributed by atoms with E-state index in [4.69, 9.17) is 4.74 Å². The molecule has 3 amide bonds. The molecule has 1 fully saturated rings. The number of nitrogens with one attached hydrogen (secondary N) is 2. The number of nitrogens with zero attached hydrogens (tertiary/aromatic N) is 3. The number of aromatic amines is 1. The predicted molar refractivity (Wildman–Crippen MR) is 116 cm³/mol. The molecule has 10 heteroatoms. The fourth-order valence-corrected chi connectivity index (χ4v) is 4.66. The maximum absolute atomic E-state index is 12.6. The van der Waals surface area contributed by atoms with Crippen LogP contribution >= 0.6 is 11.3 Å². The number of rotatable bonds is 3. The lowest BCUT2D eigenvalue weighted by Crippen LogP contribution is -2.39. The number of fused-ring (bicyclic) bond motifs is 1. The molecule has 0 aromatic carbocycles. The van der Waals surface area contributed by atoms with Gasteiger partial charge in [-0.15, -0.1) is 0 Å². The molecule has 166 valence electrons. The van der Waals surface area contributed by atoms with Gasteiger partial charge in [0.15, 0.2) is 5.13 Å². The quantitative estimate of drug-likeness (QED) is 0.754. The molecule has 2 aliphatic heterocycles. The smallest absolute Gasteiger partial charge is 0.410 e. The van der Waals surface area contributed by atoms with E-state index in [1.165, 1.54) is 17.5 Å². The van der Waals surface area contributed by atoms with E-state index < -0.39 is 5.60 Å². The van der Waals surface area contributed by atoms with Crippen molar-refractivity contribution in [2.24, 2.45) is 0 Å². The van der Waals surface area contributed by atoms with E-state index in [1.807, 2.05) is 20.8 Å². The number of aromatic nitrogens is 2. The minimum absolute atomic E-state index is 0.0801. The van der Waals surface area contributed by atoms with E-state index in [9.17, 15) is 14.4 Å². The van der Waals surface area contributed by atoms with Crippen LogP contribution in [0.2, 0.25) is 0 Å². The van der Waals surface area contributed by atoms with Crippen LogP contribution in [0.25, 0.3) is 0 Å². The van der Waals surface area contributed by atoms with Crippen molar-refractivity contribution in [3.63, 3.8) is 0 Å². The zero-order chi connectivity index (χ0) is 22.2. The lowest BCUT2D eigenvalue weighted by Gasteiger charge is -2.29. The number of hydrogen-bond acceptors (Lipinski definition) is 6. The summed E-state index contributed by atoms with van der Waals surface area (Å²) in [7, 11) is 0. The molecule has 0 radical (unpaired) electrons. The number of carbonyl (C=O) groups is 3. The summed E-state index contributed by atoms with van der Waals surface area (Å²) >= 11 is 1.35. The van der Waals surface area contributed by atoms with Crippen LogP contribution < -0.4 is 5.32 Å². The molecule has 2 aliphatic rings. The van der Waals surface area contributed by atoms with Crippen molar-refractivity contribution >= 4 is 34.4 Å². The Bertz CT molecular complexity index is 1000. The zero-order valence-corrected chi connectivity index (χ0v) is 18.8. The molecule has 9 nitrogen and oxygen atoms in total. The molecular weight excluding hydrogens is 418 g/mol. The minimum Gasteiger partial charge on any atom is -0.444 e. The van der Waals surface area contributed by atoms with Crippen molar-refractivity contribution in [1.29, 1.82) is 0 Å². The lowest BCUT2D eigenvalue weighted by atomic mass is 10.2. The topological polar surface area (TPSA) is 108 Å². The third kappa shape index (κ3) is 4.90. The fourth-order valence-electron chi connectivity index (χ4n) is 3.64. The van der Waals surface area contributed by atoms with Crippen LogP contribution in [-0.2, 0) is 17.7 Å². The van der Waals surface area contributed by atoms with Gasteiger partial charge in [0, 0.05) is 37.1 Å². The van der Waals surface area contributed by atoms with Gasteiger partial charge in [-0.1, -0.05) is 11.3 Å². The molecule has 0 aliphatic carbocycles. The Hall–Kier alpha value is -2.88. The Morgan fingerprint density at radius 1 is 1.16 bits per heavy atom. The highest BCUT2D eigenvalue weighted by Crippen LogP contribution is 2.29. The Morgan fingerprint density at radius 2 is 1.90 bits per heavy atom. The molecule has 0 unspecified atom stereocenters. The molecule has 4 heterocycles. The number of hydrogen-bond donors (Lipinski definition) is 2. The average Bonchev–Trinajstić information content (AvgIpc) is 3.44. The SMILES string of the molecule is CC(C)(C)OC(=O)N1CCc2nc(NC(=O)c3c[nH]c(C(=O)N4CCCC4)c3)sc2C1. The molecule has 31 heavy (non-hydrogen) atoms. The van der Waals surface area contributed by atoms with Gasteiger partial charge in [-0.05, 0) is 39.7 Å². The van der Waals surface area contributed by atoms with Crippen LogP contribution in [0.4, 0.5) is 9.93 Å². The fraction of sp³-hybridized carbons (Fsp3) is 0.524. The summed E-state index contributed by atoms with van der Waals surface area (Å²) in [5.41, 5.74) is 1.14. The highest BCUT2D eigenvalue weighted by molar-refractivity contribution is 7.15. The second-order valence-corrected chi connectivity index (χ2v) is 9.88. The highest BCUT2D eigenvalue weighted by atomic mass is 32.1. The number of thiazole rings is 1. The number of anilines is 1. The molecule has 2 aromatic rings. The van der Waals surface area contributed by atoms with Gasteiger partial charge in [0.2, 0.25) is 0 Å². The van der Waals surface area contributed by atoms with Gasteiger partial charge in [0.05, 0.1) is 17.8 Å². The number of amides is 3. The summed E-state index contributed by atoms with van der Waals surface area (Å²) in [6.07, 6.45) is 3.83. The summed E-state index contributed by atoms with van der Waals surface area (Å²) < 4.78 is 5.45. The van der Waals surface area contributed by atoms with Gasteiger partial charge >= 0.3 is 6.09 Å². The van der Waals surface area contributed by atoms with Crippen molar-refractivity contribution in [3.05, 3.63) is 34.1 Å². The van der Waals surface area contributed by atoms with E-state index in [0.29, 0.717) is 35.9 Å². The summed E-state index contributed by atoms with van der Waals surface area (Å²) in [6.45, 7) is 7.97. The van der Waals surface area contributed by atoms with Gasteiger partial charge in [-0.25, -0.2) is 9.78 Å². The molecule has 0 saturated carbocycles. The first kappa shape index (κ1) is 21.4.